The SMILES string of the molecule is CC(C)c1nncn1C1CCN(C(=O)c2n[nH]c3ccccc23)C1. The number of rotatable bonds is 3. The first-order chi connectivity index (χ1) is 11.6. The van der Waals surface area contributed by atoms with Gasteiger partial charge in [-0.05, 0) is 12.5 Å². The highest BCUT2D eigenvalue weighted by atomic mass is 16.2. The van der Waals surface area contributed by atoms with Crippen LogP contribution in [-0.2, 0) is 0 Å². The number of aromatic nitrogens is 5. The minimum Gasteiger partial charge on any atom is -0.335 e. The number of carbonyl (C=O) groups excluding carboxylic acids is 1. The van der Waals surface area contributed by atoms with Crippen LogP contribution in [0.25, 0.3) is 10.9 Å². The summed E-state index contributed by atoms with van der Waals surface area (Å²) in [4.78, 5) is 14.7. The van der Waals surface area contributed by atoms with Crippen LogP contribution in [-0.4, -0.2) is 48.9 Å². The topological polar surface area (TPSA) is 79.7 Å². The van der Waals surface area contributed by atoms with Gasteiger partial charge in [0, 0.05) is 24.4 Å². The number of nitrogens with zero attached hydrogens (tertiary/aromatic N) is 5. The van der Waals surface area contributed by atoms with E-state index in [2.05, 4.69) is 38.8 Å². The van der Waals surface area contributed by atoms with Gasteiger partial charge in [-0.25, -0.2) is 0 Å². The lowest BCUT2D eigenvalue weighted by Gasteiger charge is -2.18. The summed E-state index contributed by atoms with van der Waals surface area (Å²) in [6, 6.07) is 7.94. The van der Waals surface area contributed by atoms with Gasteiger partial charge < -0.3 is 9.47 Å². The average molecular weight is 324 g/mol. The van der Waals surface area contributed by atoms with Crippen LogP contribution >= 0.6 is 0 Å². The summed E-state index contributed by atoms with van der Waals surface area (Å²) in [7, 11) is 0. The molecule has 3 heterocycles. The Morgan fingerprint density at radius 1 is 1.33 bits per heavy atom. The van der Waals surface area contributed by atoms with Crippen molar-refractivity contribution in [3.63, 3.8) is 0 Å². The number of para-hydroxylation sites is 1. The number of aromatic amines is 1. The quantitative estimate of drug-likeness (QED) is 0.802. The molecule has 2 aromatic heterocycles. The van der Waals surface area contributed by atoms with E-state index in [4.69, 9.17) is 0 Å². The molecule has 1 saturated heterocycles. The van der Waals surface area contributed by atoms with Crippen LogP contribution in [0.1, 0.15) is 48.5 Å². The molecule has 1 unspecified atom stereocenters. The van der Waals surface area contributed by atoms with Gasteiger partial charge in [-0.2, -0.15) is 5.10 Å². The first kappa shape index (κ1) is 14.9. The molecule has 3 aromatic rings. The molecule has 0 spiro atoms. The molecule has 0 saturated carbocycles. The number of nitrogens with one attached hydrogen (secondary N) is 1. The minimum atomic E-state index is -0.0193. The molecule has 0 bridgehead atoms. The molecule has 4 rings (SSSR count). The predicted octanol–water partition coefficient (Wildman–Crippen LogP) is 2.37. The van der Waals surface area contributed by atoms with Gasteiger partial charge in [0.25, 0.3) is 5.91 Å². The third-order valence-corrected chi connectivity index (χ3v) is 4.63. The second-order valence-corrected chi connectivity index (χ2v) is 6.56. The summed E-state index contributed by atoms with van der Waals surface area (Å²) in [5.41, 5.74) is 1.39. The molecule has 1 N–H and O–H groups in total. The maximum Gasteiger partial charge on any atom is 0.275 e. The van der Waals surface area contributed by atoms with Crippen molar-refractivity contribution in [1.82, 2.24) is 29.9 Å². The second-order valence-electron chi connectivity index (χ2n) is 6.56. The van der Waals surface area contributed by atoms with Crippen LogP contribution in [0, 0.1) is 0 Å². The number of H-pyrrole nitrogens is 1. The lowest BCUT2D eigenvalue weighted by Crippen LogP contribution is -2.29. The third kappa shape index (κ3) is 2.36. The maximum absolute atomic E-state index is 12.9. The van der Waals surface area contributed by atoms with Crippen LogP contribution in [0.5, 0.6) is 0 Å². The molecule has 1 aliphatic rings. The van der Waals surface area contributed by atoms with Crippen LogP contribution in [0.4, 0.5) is 0 Å². The second kappa shape index (κ2) is 5.74. The molecule has 124 valence electrons. The fraction of sp³-hybridized carbons (Fsp3) is 0.412. The molecule has 1 amide bonds. The van der Waals surface area contributed by atoms with E-state index >= 15 is 0 Å². The van der Waals surface area contributed by atoms with Crippen molar-refractivity contribution >= 4 is 16.8 Å². The lowest BCUT2D eigenvalue weighted by molar-refractivity contribution is 0.0783. The summed E-state index contributed by atoms with van der Waals surface area (Å²) in [5, 5.41) is 16.3. The summed E-state index contributed by atoms with van der Waals surface area (Å²) >= 11 is 0. The van der Waals surface area contributed by atoms with E-state index < -0.39 is 0 Å². The molecule has 1 fully saturated rings. The van der Waals surface area contributed by atoms with E-state index in [0.29, 0.717) is 18.2 Å². The van der Waals surface area contributed by atoms with Crippen molar-refractivity contribution in [1.29, 1.82) is 0 Å². The Bertz CT molecular complexity index is 880. The number of amides is 1. The third-order valence-electron chi connectivity index (χ3n) is 4.63. The Kier molecular flexibility index (Phi) is 3.55. The van der Waals surface area contributed by atoms with E-state index in [0.717, 1.165) is 29.7 Å². The van der Waals surface area contributed by atoms with Gasteiger partial charge in [0.05, 0.1) is 11.6 Å². The van der Waals surface area contributed by atoms with E-state index in [1.807, 2.05) is 29.2 Å². The largest absolute Gasteiger partial charge is 0.335 e. The summed E-state index contributed by atoms with van der Waals surface area (Å²) in [5.74, 6) is 1.26. The smallest absolute Gasteiger partial charge is 0.275 e. The minimum absolute atomic E-state index is 0.0193. The fourth-order valence-electron chi connectivity index (χ4n) is 3.38. The van der Waals surface area contributed by atoms with Crippen LogP contribution in [0.15, 0.2) is 30.6 Å². The summed E-state index contributed by atoms with van der Waals surface area (Å²) in [6.07, 6.45) is 2.68. The van der Waals surface area contributed by atoms with Crippen LogP contribution in [0.3, 0.4) is 0 Å². The van der Waals surface area contributed by atoms with Crippen molar-refractivity contribution in [2.45, 2.75) is 32.2 Å². The molecule has 1 aliphatic heterocycles. The number of benzene rings is 1. The number of carbonyl (C=O) groups is 1. The summed E-state index contributed by atoms with van der Waals surface area (Å²) in [6.45, 7) is 5.60. The first-order valence-corrected chi connectivity index (χ1v) is 8.27. The number of hydrogen-bond donors (Lipinski definition) is 1. The molecule has 1 atom stereocenters. The number of hydrogen-bond acceptors (Lipinski definition) is 4. The van der Waals surface area contributed by atoms with Crippen molar-refractivity contribution in [2.75, 3.05) is 13.1 Å². The van der Waals surface area contributed by atoms with E-state index in [1.54, 1.807) is 6.33 Å². The van der Waals surface area contributed by atoms with Crippen LogP contribution in [0.2, 0.25) is 0 Å². The van der Waals surface area contributed by atoms with E-state index in [1.165, 1.54) is 0 Å². The Balaban J connectivity index is 1.56. The standard InChI is InChI=1S/C17H20N6O/c1-11(2)16-21-18-10-23(16)12-7-8-22(9-12)17(24)15-13-5-3-4-6-14(13)19-20-15/h3-6,10-12H,7-9H2,1-2H3,(H,19,20). The van der Waals surface area contributed by atoms with Gasteiger partial charge in [0.15, 0.2) is 5.69 Å². The van der Waals surface area contributed by atoms with Gasteiger partial charge in [-0.3, -0.25) is 9.89 Å². The number of likely N-dealkylation sites (tertiary alicyclic amines) is 1. The van der Waals surface area contributed by atoms with Crippen LogP contribution < -0.4 is 0 Å². The zero-order chi connectivity index (χ0) is 16.7. The molecular weight excluding hydrogens is 304 g/mol. The monoisotopic (exact) mass is 324 g/mol. The van der Waals surface area contributed by atoms with Gasteiger partial charge in [-0.15, -0.1) is 10.2 Å². The van der Waals surface area contributed by atoms with Gasteiger partial charge in [-0.1, -0.05) is 32.0 Å². The zero-order valence-electron chi connectivity index (χ0n) is 13.8. The Morgan fingerprint density at radius 3 is 3.00 bits per heavy atom. The lowest BCUT2D eigenvalue weighted by atomic mass is 10.2. The zero-order valence-corrected chi connectivity index (χ0v) is 13.8. The normalized spacial score (nSPS) is 18.0. The molecule has 24 heavy (non-hydrogen) atoms. The maximum atomic E-state index is 12.9. The van der Waals surface area contributed by atoms with Gasteiger partial charge in [0.2, 0.25) is 0 Å². The van der Waals surface area contributed by atoms with Gasteiger partial charge >= 0.3 is 0 Å². The Hall–Kier alpha value is -2.70. The van der Waals surface area contributed by atoms with Crippen molar-refractivity contribution < 1.29 is 4.79 Å². The molecule has 0 radical (unpaired) electrons. The van der Waals surface area contributed by atoms with Crippen molar-refractivity contribution in [2.24, 2.45) is 0 Å². The molecule has 1 aromatic carbocycles. The fourth-order valence-corrected chi connectivity index (χ4v) is 3.38. The van der Waals surface area contributed by atoms with Crippen molar-refractivity contribution in [3.05, 3.63) is 42.1 Å². The first-order valence-electron chi connectivity index (χ1n) is 8.27. The molecular formula is C17H20N6O. The average Bonchev–Trinajstić information content (AvgIpc) is 3.31. The van der Waals surface area contributed by atoms with Crippen molar-refractivity contribution in [3.8, 4) is 0 Å². The highest BCUT2D eigenvalue weighted by molar-refractivity contribution is 6.04. The Morgan fingerprint density at radius 2 is 2.17 bits per heavy atom. The molecule has 7 nitrogen and oxygen atoms in total. The van der Waals surface area contributed by atoms with E-state index in [9.17, 15) is 4.79 Å². The number of fused-ring (bicyclic) bond motifs is 1. The highest BCUT2D eigenvalue weighted by Gasteiger charge is 2.31. The Labute approximate surface area is 139 Å². The molecule has 0 aliphatic carbocycles. The summed E-state index contributed by atoms with van der Waals surface area (Å²) < 4.78 is 2.11. The predicted molar refractivity (Wildman–Crippen MR) is 89.8 cm³/mol. The highest BCUT2D eigenvalue weighted by Crippen LogP contribution is 2.27. The van der Waals surface area contributed by atoms with Gasteiger partial charge in [0.1, 0.15) is 12.2 Å². The molecule has 7 heteroatoms. The van der Waals surface area contributed by atoms with E-state index in [-0.39, 0.29) is 11.9 Å².